The molecular formula is C27H27F2N3O2. The molecule has 3 aromatic carbocycles. The second-order valence-corrected chi connectivity index (χ2v) is 8.63. The van der Waals surface area contributed by atoms with Gasteiger partial charge >= 0.3 is 0 Å². The van der Waals surface area contributed by atoms with Gasteiger partial charge in [0.25, 0.3) is 11.8 Å². The molecule has 0 heterocycles. The van der Waals surface area contributed by atoms with E-state index in [9.17, 15) is 18.4 Å². The minimum atomic E-state index is -0.821. The number of nitrogens with zero attached hydrogens (tertiary/aromatic N) is 1. The third kappa shape index (κ3) is 5.66. The Morgan fingerprint density at radius 1 is 0.882 bits per heavy atom. The third-order valence-electron chi connectivity index (χ3n) is 6.13. The van der Waals surface area contributed by atoms with Gasteiger partial charge in [-0.3, -0.25) is 9.59 Å². The van der Waals surface area contributed by atoms with Gasteiger partial charge in [0.15, 0.2) is 0 Å². The van der Waals surface area contributed by atoms with Crippen molar-refractivity contribution in [3.05, 3.63) is 101 Å². The van der Waals surface area contributed by atoms with Crippen LogP contribution in [0.4, 0.5) is 14.5 Å². The zero-order valence-corrected chi connectivity index (χ0v) is 18.7. The van der Waals surface area contributed by atoms with E-state index < -0.39 is 17.5 Å². The van der Waals surface area contributed by atoms with Crippen LogP contribution in [0.15, 0.2) is 72.8 Å². The molecule has 2 atom stereocenters. The second kappa shape index (κ2) is 10.6. The Labute approximate surface area is 197 Å². The van der Waals surface area contributed by atoms with Gasteiger partial charge in [0.1, 0.15) is 11.6 Å². The number of rotatable bonds is 6. The van der Waals surface area contributed by atoms with Crippen molar-refractivity contribution in [1.29, 1.82) is 0 Å². The molecule has 1 fully saturated rings. The summed E-state index contributed by atoms with van der Waals surface area (Å²) in [6, 6.07) is 18.7. The van der Waals surface area contributed by atoms with E-state index in [0.29, 0.717) is 23.9 Å². The predicted molar refractivity (Wildman–Crippen MR) is 127 cm³/mol. The second-order valence-electron chi connectivity index (χ2n) is 8.63. The van der Waals surface area contributed by atoms with Crippen LogP contribution >= 0.6 is 0 Å². The smallest absolute Gasteiger partial charge is 0.255 e. The maximum atomic E-state index is 13.5. The largest absolute Gasteiger partial charge is 0.330 e. The zero-order chi connectivity index (χ0) is 24.1. The highest BCUT2D eigenvalue weighted by atomic mass is 19.1. The van der Waals surface area contributed by atoms with E-state index >= 15 is 0 Å². The first-order chi connectivity index (χ1) is 16.4. The molecule has 0 aliphatic heterocycles. The average Bonchev–Trinajstić information content (AvgIpc) is 2.83. The van der Waals surface area contributed by atoms with Crippen LogP contribution in [-0.2, 0) is 6.54 Å². The molecule has 3 N–H and O–H groups in total. The van der Waals surface area contributed by atoms with Crippen LogP contribution in [0.25, 0.3) is 0 Å². The summed E-state index contributed by atoms with van der Waals surface area (Å²) in [6.07, 6.45) is 3.76. The lowest BCUT2D eigenvalue weighted by Gasteiger charge is -2.38. The summed E-state index contributed by atoms with van der Waals surface area (Å²) in [4.78, 5) is 27.8. The Hall–Kier alpha value is -3.58. The molecule has 2 unspecified atom stereocenters. The molecular weight excluding hydrogens is 436 g/mol. The van der Waals surface area contributed by atoms with E-state index in [0.717, 1.165) is 43.4 Å². The van der Waals surface area contributed by atoms with Gasteiger partial charge in [-0.05, 0) is 54.8 Å². The van der Waals surface area contributed by atoms with Crippen molar-refractivity contribution in [2.75, 3.05) is 5.32 Å². The van der Waals surface area contributed by atoms with Gasteiger partial charge in [-0.1, -0.05) is 43.2 Å². The van der Waals surface area contributed by atoms with Gasteiger partial charge in [0.05, 0.1) is 0 Å². The number of carbonyl (C=O) groups is 2. The summed E-state index contributed by atoms with van der Waals surface area (Å²) < 4.78 is 27.0. The van der Waals surface area contributed by atoms with E-state index in [1.807, 2.05) is 29.2 Å². The number of nitrogens with one attached hydrogen (secondary N) is 1. The first-order valence-electron chi connectivity index (χ1n) is 11.4. The minimum absolute atomic E-state index is 0.0880. The molecule has 3 aromatic rings. The van der Waals surface area contributed by atoms with E-state index in [-0.39, 0.29) is 23.6 Å². The number of hydrogen-bond donors (Lipinski definition) is 2. The molecule has 7 heteroatoms. The van der Waals surface area contributed by atoms with Crippen LogP contribution in [0.2, 0.25) is 0 Å². The van der Waals surface area contributed by atoms with Crippen molar-refractivity contribution in [1.82, 2.24) is 4.90 Å². The summed E-state index contributed by atoms with van der Waals surface area (Å²) in [5.74, 6) is -2.36. The number of amides is 2. The highest BCUT2D eigenvalue weighted by Gasteiger charge is 2.31. The van der Waals surface area contributed by atoms with Crippen molar-refractivity contribution in [2.45, 2.75) is 44.3 Å². The molecule has 5 nitrogen and oxygen atoms in total. The van der Waals surface area contributed by atoms with Gasteiger partial charge in [0, 0.05) is 41.5 Å². The standard InChI is InChI=1S/C27H27F2N3O2/c28-21-14-20(15-22(29)16-21)26(33)31-23-10-6-7-18(13-23)17-32(25-12-5-4-11-24(25)30)27(34)19-8-2-1-3-9-19/h1-3,6-10,13-16,24-25H,4-5,11-12,17,30H2,(H,31,33). The maximum Gasteiger partial charge on any atom is 0.255 e. The molecule has 0 spiro atoms. The molecule has 2 amide bonds. The fourth-order valence-electron chi connectivity index (χ4n) is 4.45. The monoisotopic (exact) mass is 463 g/mol. The SMILES string of the molecule is NC1CCCCC1N(Cc1cccc(NC(=O)c2cc(F)cc(F)c2)c1)C(=O)c1ccccc1. The van der Waals surface area contributed by atoms with Crippen molar-refractivity contribution in [3.8, 4) is 0 Å². The Bertz CT molecular complexity index is 1150. The number of halogens is 2. The molecule has 1 saturated carbocycles. The fourth-order valence-corrected chi connectivity index (χ4v) is 4.45. The molecule has 0 aromatic heterocycles. The van der Waals surface area contributed by atoms with Gasteiger partial charge in [-0.2, -0.15) is 0 Å². The summed E-state index contributed by atoms with van der Waals surface area (Å²) in [7, 11) is 0. The summed E-state index contributed by atoms with van der Waals surface area (Å²) >= 11 is 0. The fraction of sp³-hybridized carbons (Fsp3) is 0.259. The Morgan fingerprint density at radius 3 is 2.29 bits per heavy atom. The quantitative estimate of drug-likeness (QED) is 0.532. The van der Waals surface area contributed by atoms with Gasteiger partial charge in [-0.25, -0.2) is 8.78 Å². The number of carbonyl (C=O) groups excluding carboxylic acids is 2. The zero-order valence-electron chi connectivity index (χ0n) is 18.7. The molecule has 0 bridgehead atoms. The third-order valence-corrected chi connectivity index (χ3v) is 6.13. The predicted octanol–water partition coefficient (Wildman–Crippen LogP) is 5.13. The molecule has 1 aliphatic rings. The summed E-state index contributed by atoms with van der Waals surface area (Å²) in [5.41, 5.74) is 8.18. The van der Waals surface area contributed by atoms with E-state index in [4.69, 9.17) is 5.73 Å². The topological polar surface area (TPSA) is 75.4 Å². The van der Waals surface area contributed by atoms with Gasteiger partial charge in [-0.15, -0.1) is 0 Å². The maximum absolute atomic E-state index is 13.5. The number of hydrogen-bond acceptors (Lipinski definition) is 3. The minimum Gasteiger partial charge on any atom is -0.330 e. The first-order valence-corrected chi connectivity index (χ1v) is 11.4. The lowest BCUT2D eigenvalue weighted by atomic mass is 9.89. The summed E-state index contributed by atoms with van der Waals surface area (Å²) in [5, 5.41) is 2.68. The number of nitrogens with two attached hydrogens (primary N) is 1. The van der Waals surface area contributed by atoms with Gasteiger partial charge in [0.2, 0.25) is 0 Å². The Kier molecular flexibility index (Phi) is 7.33. The highest BCUT2D eigenvalue weighted by Crippen LogP contribution is 2.26. The van der Waals surface area contributed by atoms with Crippen LogP contribution in [0.3, 0.4) is 0 Å². The van der Waals surface area contributed by atoms with Gasteiger partial charge < -0.3 is 16.0 Å². The van der Waals surface area contributed by atoms with Crippen molar-refractivity contribution >= 4 is 17.5 Å². The van der Waals surface area contributed by atoms with Crippen molar-refractivity contribution < 1.29 is 18.4 Å². The Morgan fingerprint density at radius 2 is 1.59 bits per heavy atom. The molecule has 0 radical (unpaired) electrons. The number of benzene rings is 3. The molecule has 4 rings (SSSR count). The molecule has 1 aliphatic carbocycles. The molecule has 0 saturated heterocycles. The van der Waals surface area contributed by atoms with E-state index in [1.165, 1.54) is 0 Å². The van der Waals surface area contributed by atoms with E-state index in [2.05, 4.69) is 5.32 Å². The summed E-state index contributed by atoms with van der Waals surface area (Å²) in [6.45, 7) is 0.324. The first kappa shape index (κ1) is 23.6. The van der Waals surface area contributed by atoms with Crippen LogP contribution in [0, 0.1) is 11.6 Å². The normalized spacial score (nSPS) is 17.7. The van der Waals surface area contributed by atoms with Crippen LogP contribution < -0.4 is 11.1 Å². The number of anilines is 1. The van der Waals surface area contributed by atoms with E-state index in [1.54, 1.807) is 30.3 Å². The van der Waals surface area contributed by atoms with Crippen molar-refractivity contribution in [3.63, 3.8) is 0 Å². The highest BCUT2D eigenvalue weighted by molar-refractivity contribution is 6.04. The van der Waals surface area contributed by atoms with Crippen LogP contribution in [-0.4, -0.2) is 28.8 Å². The lowest BCUT2D eigenvalue weighted by molar-refractivity contribution is 0.0583. The Balaban J connectivity index is 1.56. The van der Waals surface area contributed by atoms with Crippen molar-refractivity contribution in [2.24, 2.45) is 5.73 Å². The lowest BCUT2D eigenvalue weighted by Crippen LogP contribution is -2.51. The molecule has 176 valence electrons. The average molecular weight is 464 g/mol. The van der Waals surface area contributed by atoms with Crippen LogP contribution in [0.1, 0.15) is 52.0 Å². The molecule has 34 heavy (non-hydrogen) atoms. The van der Waals surface area contributed by atoms with Crippen LogP contribution in [0.5, 0.6) is 0 Å².